The van der Waals surface area contributed by atoms with Gasteiger partial charge in [-0.2, -0.15) is 0 Å². The number of rotatable bonds is 0. The minimum atomic E-state index is -0.0579. The van der Waals surface area contributed by atoms with Gasteiger partial charge in [0.15, 0.2) is 0 Å². The summed E-state index contributed by atoms with van der Waals surface area (Å²) in [5, 5.41) is 2.42. The van der Waals surface area contributed by atoms with Crippen LogP contribution in [0.5, 0.6) is 0 Å². The molecule has 1 heterocycles. The van der Waals surface area contributed by atoms with E-state index in [2.05, 4.69) is 24.4 Å². The Morgan fingerprint density at radius 2 is 1.54 bits per heavy atom. The molecule has 2 aliphatic carbocycles. The molecule has 1 saturated heterocycles. The second-order valence-electron chi connectivity index (χ2n) is 4.30. The van der Waals surface area contributed by atoms with Crippen LogP contribution < -0.4 is 5.32 Å². The highest BCUT2D eigenvalue weighted by molar-refractivity contribution is 6.06. The van der Waals surface area contributed by atoms with Gasteiger partial charge in [0.1, 0.15) is 0 Å². The number of amides is 2. The first-order valence-corrected chi connectivity index (χ1v) is 4.73. The Balaban J connectivity index is 2.09. The third-order valence-corrected chi connectivity index (χ3v) is 3.84. The van der Waals surface area contributed by atoms with Crippen LogP contribution in [0.2, 0.25) is 0 Å². The van der Waals surface area contributed by atoms with Crippen LogP contribution >= 0.6 is 0 Å². The standard InChI is InChI=1S/C10H11NO2/c1-4-5-2-3-6(4)8-7(5)9(12)11-10(8)13/h2-8H,1H3,(H,11,12,13). The summed E-state index contributed by atoms with van der Waals surface area (Å²) in [6, 6.07) is 0. The van der Waals surface area contributed by atoms with Gasteiger partial charge in [0.2, 0.25) is 11.8 Å². The summed E-state index contributed by atoms with van der Waals surface area (Å²) in [5.74, 6) is 0.861. The Hall–Kier alpha value is -1.12. The van der Waals surface area contributed by atoms with Gasteiger partial charge in [0, 0.05) is 0 Å². The Morgan fingerprint density at radius 1 is 1.08 bits per heavy atom. The Kier molecular flexibility index (Phi) is 1.14. The van der Waals surface area contributed by atoms with Gasteiger partial charge < -0.3 is 0 Å². The first kappa shape index (κ1) is 7.30. The van der Waals surface area contributed by atoms with E-state index in [-0.39, 0.29) is 23.7 Å². The van der Waals surface area contributed by atoms with Gasteiger partial charge in [-0.3, -0.25) is 14.9 Å². The van der Waals surface area contributed by atoms with E-state index in [0.717, 1.165) is 0 Å². The lowest BCUT2D eigenvalue weighted by atomic mass is 9.85. The largest absolute Gasteiger partial charge is 0.296 e. The number of hydrogen-bond donors (Lipinski definition) is 1. The van der Waals surface area contributed by atoms with Gasteiger partial charge in [0.25, 0.3) is 0 Å². The van der Waals surface area contributed by atoms with Crippen molar-refractivity contribution in [3.05, 3.63) is 12.2 Å². The SMILES string of the molecule is CC1C2C=CC1C1C(=O)NC(=O)C21. The van der Waals surface area contributed by atoms with Crippen molar-refractivity contribution < 1.29 is 9.59 Å². The first-order chi connectivity index (χ1) is 6.20. The number of nitrogens with one attached hydrogen (secondary N) is 1. The van der Waals surface area contributed by atoms with Crippen molar-refractivity contribution in [1.82, 2.24) is 5.32 Å². The van der Waals surface area contributed by atoms with Gasteiger partial charge in [-0.15, -0.1) is 0 Å². The normalized spacial score (nSPS) is 51.3. The molecule has 2 fully saturated rings. The highest BCUT2D eigenvalue weighted by atomic mass is 16.2. The molecule has 0 aromatic carbocycles. The van der Waals surface area contributed by atoms with E-state index in [1.165, 1.54) is 0 Å². The fourth-order valence-corrected chi connectivity index (χ4v) is 3.20. The average molecular weight is 177 g/mol. The van der Waals surface area contributed by atoms with Crippen molar-refractivity contribution in [2.45, 2.75) is 6.92 Å². The second kappa shape index (κ2) is 2.03. The predicted molar refractivity (Wildman–Crippen MR) is 45.4 cm³/mol. The summed E-state index contributed by atoms with van der Waals surface area (Å²) in [5.41, 5.74) is 0. The first-order valence-electron chi connectivity index (χ1n) is 4.73. The summed E-state index contributed by atoms with van der Waals surface area (Å²) in [7, 11) is 0. The van der Waals surface area contributed by atoms with Crippen molar-refractivity contribution in [3.63, 3.8) is 0 Å². The molecule has 68 valence electrons. The third-order valence-electron chi connectivity index (χ3n) is 3.84. The third kappa shape index (κ3) is 0.666. The van der Waals surface area contributed by atoms with Crippen molar-refractivity contribution in [3.8, 4) is 0 Å². The topological polar surface area (TPSA) is 46.2 Å². The van der Waals surface area contributed by atoms with E-state index in [0.29, 0.717) is 17.8 Å². The van der Waals surface area contributed by atoms with E-state index in [1.807, 2.05) is 0 Å². The monoisotopic (exact) mass is 177 g/mol. The maximum atomic E-state index is 11.4. The highest BCUT2D eigenvalue weighted by Crippen LogP contribution is 2.53. The molecule has 3 rings (SSSR count). The molecule has 3 heteroatoms. The van der Waals surface area contributed by atoms with Crippen molar-refractivity contribution in [2.75, 3.05) is 0 Å². The van der Waals surface area contributed by atoms with Crippen LogP contribution in [0.3, 0.4) is 0 Å². The fraction of sp³-hybridized carbons (Fsp3) is 0.600. The zero-order chi connectivity index (χ0) is 9.16. The maximum absolute atomic E-state index is 11.4. The average Bonchev–Trinajstić information content (AvgIpc) is 2.67. The van der Waals surface area contributed by atoms with Crippen LogP contribution in [0, 0.1) is 29.6 Å². The molecule has 13 heavy (non-hydrogen) atoms. The zero-order valence-corrected chi connectivity index (χ0v) is 7.36. The summed E-state index contributed by atoms with van der Waals surface area (Å²) in [6.45, 7) is 2.13. The smallest absolute Gasteiger partial charge is 0.231 e. The summed E-state index contributed by atoms with van der Waals surface area (Å²) < 4.78 is 0. The molecule has 0 aromatic rings. The quantitative estimate of drug-likeness (QED) is 0.428. The molecule has 1 aliphatic heterocycles. The fourth-order valence-electron chi connectivity index (χ4n) is 3.20. The number of hydrogen-bond acceptors (Lipinski definition) is 2. The van der Waals surface area contributed by atoms with Crippen LogP contribution in [-0.2, 0) is 9.59 Å². The lowest BCUT2D eigenvalue weighted by molar-refractivity contribution is -0.127. The Morgan fingerprint density at radius 3 is 2.00 bits per heavy atom. The molecule has 3 aliphatic rings. The molecular weight excluding hydrogens is 166 g/mol. The highest BCUT2D eigenvalue weighted by Gasteiger charge is 2.59. The van der Waals surface area contributed by atoms with E-state index < -0.39 is 0 Å². The number of fused-ring (bicyclic) bond motifs is 5. The number of imide groups is 1. The number of carbonyl (C=O) groups is 2. The lowest BCUT2D eigenvalue weighted by Crippen LogP contribution is -2.27. The molecule has 1 N–H and O–H groups in total. The number of allylic oxidation sites excluding steroid dienone is 2. The summed E-state index contributed by atoms with van der Waals surface area (Å²) in [4.78, 5) is 22.9. The molecule has 3 nitrogen and oxygen atoms in total. The van der Waals surface area contributed by atoms with Crippen LogP contribution in [0.1, 0.15) is 6.92 Å². The van der Waals surface area contributed by atoms with E-state index >= 15 is 0 Å². The van der Waals surface area contributed by atoms with Crippen LogP contribution in [0.15, 0.2) is 12.2 Å². The molecule has 4 atom stereocenters. The van der Waals surface area contributed by atoms with E-state index in [4.69, 9.17) is 0 Å². The van der Waals surface area contributed by atoms with E-state index in [9.17, 15) is 9.59 Å². The van der Waals surface area contributed by atoms with Crippen molar-refractivity contribution >= 4 is 11.8 Å². The lowest BCUT2D eigenvalue weighted by Gasteiger charge is -2.14. The second-order valence-corrected chi connectivity index (χ2v) is 4.30. The van der Waals surface area contributed by atoms with E-state index in [1.54, 1.807) is 0 Å². The molecular formula is C10H11NO2. The molecule has 0 aromatic heterocycles. The van der Waals surface area contributed by atoms with Crippen LogP contribution in [-0.4, -0.2) is 11.8 Å². The minimum Gasteiger partial charge on any atom is -0.296 e. The van der Waals surface area contributed by atoms with Gasteiger partial charge in [-0.25, -0.2) is 0 Å². The molecule has 0 radical (unpaired) electrons. The minimum absolute atomic E-state index is 0.0568. The van der Waals surface area contributed by atoms with Gasteiger partial charge in [0.05, 0.1) is 11.8 Å². The van der Waals surface area contributed by atoms with Crippen LogP contribution in [0.25, 0.3) is 0 Å². The van der Waals surface area contributed by atoms with Gasteiger partial charge >= 0.3 is 0 Å². The predicted octanol–water partition coefficient (Wildman–Crippen LogP) is 0.327. The maximum Gasteiger partial charge on any atom is 0.231 e. The Bertz CT molecular complexity index is 304. The zero-order valence-electron chi connectivity index (χ0n) is 7.36. The molecule has 2 amide bonds. The Labute approximate surface area is 76.2 Å². The summed E-state index contributed by atoms with van der Waals surface area (Å²) >= 11 is 0. The van der Waals surface area contributed by atoms with Gasteiger partial charge in [-0.1, -0.05) is 19.1 Å². The molecule has 1 saturated carbocycles. The van der Waals surface area contributed by atoms with Crippen LogP contribution in [0.4, 0.5) is 0 Å². The van der Waals surface area contributed by atoms with Crippen molar-refractivity contribution in [2.24, 2.45) is 29.6 Å². The van der Waals surface area contributed by atoms with Crippen molar-refractivity contribution in [1.29, 1.82) is 0 Å². The summed E-state index contributed by atoms with van der Waals surface area (Å²) in [6.07, 6.45) is 4.21. The molecule has 0 spiro atoms. The van der Waals surface area contributed by atoms with Gasteiger partial charge in [-0.05, 0) is 17.8 Å². The molecule has 4 unspecified atom stereocenters. The number of carbonyl (C=O) groups excluding carboxylic acids is 2. The molecule has 2 bridgehead atoms.